The predicted molar refractivity (Wildman–Crippen MR) is 63.5 cm³/mol. The Labute approximate surface area is 89.2 Å². The highest BCUT2D eigenvalue weighted by Gasteiger charge is 1.98. The molecule has 0 radical (unpaired) electrons. The SMILES string of the molecule is CCSCCNCCC(Br)CC. The van der Waals surface area contributed by atoms with Gasteiger partial charge in [-0.2, -0.15) is 11.8 Å². The fraction of sp³-hybridized carbons (Fsp3) is 1.00. The molecule has 1 nitrogen and oxygen atoms in total. The van der Waals surface area contributed by atoms with Crippen LogP contribution in [-0.4, -0.2) is 29.4 Å². The topological polar surface area (TPSA) is 12.0 Å². The van der Waals surface area contributed by atoms with Crippen molar-refractivity contribution in [1.82, 2.24) is 5.32 Å². The van der Waals surface area contributed by atoms with Crippen LogP contribution >= 0.6 is 27.7 Å². The van der Waals surface area contributed by atoms with Gasteiger partial charge in [-0.05, 0) is 25.1 Å². The monoisotopic (exact) mass is 253 g/mol. The summed E-state index contributed by atoms with van der Waals surface area (Å²) in [5.41, 5.74) is 0. The highest BCUT2D eigenvalue weighted by molar-refractivity contribution is 9.09. The van der Waals surface area contributed by atoms with E-state index in [0.717, 1.165) is 13.1 Å². The maximum absolute atomic E-state index is 3.61. The van der Waals surface area contributed by atoms with Crippen LogP contribution in [0.25, 0.3) is 0 Å². The maximum atomic E-state index is 3.61. The number of thioether (sulfide) groups is 1. The normalized spacial score (nSPS) is 13.2. The molecule has 0 aromatic heterocycles. The Morgan fingerprint density at radius 3 is 2.67 bits per heavy atom. The van der Waals surface area contributed by atoms with Gasteiger partial charge >= 0.3 is 0 Å². The minimum Gasteiger partial charge on any atom is -0.316 e. The van der Waals surface area contributed by atoms with Crippen LogP contribution in [0.15, 0.2) is 0 Å². The molecule has 0 amide bonds. The van der Waals surface area contributed by atoms with E-state index in [-0.39, 0.29) is 0 Å². The molecule has 12 heavy (non-hydrogen) atoms. The zero-order valence-electron chi connectivity index (χ0n) is 8.11. The Morgan fingerprint density at radius 1 is 1.33 bits per heavy atom. The lowest BCUT2D eigenvalue weighted by Crippen LogP contribution is -2.20. The third kappa shape index (κ3) is 8.88. The molecule has 0 aromatic rings. The quantitative estimate of drug-likeness (QED) is 0.528. The summed E-state index contributed by atoms with van der Waals surface area (Å²) in [6, 6.07) is 0. The van der Waals surface area contributed by atoms with Crippen LogP contribution in [0.4, 0.5) is 0 Å². The van der Waals surface area contributed by atoms with E-state index in [0.29, 0.717) is 4.83 Å². The summed E-state index contributed by atoms with van der Waals surface area (Å²) < 4.78 is 0. The Balaban J connectivity index is 2.90. The molecule has 0 heterocycles. The van der Waals surface area contributed by atoms with Gasteiger partial charge in [0.05, 0.1) is 0 Å². The third-order valence-electron chi connectivity index (χ3n) is 1.70. The van der Waals surface area contributed by atoms with Gasteiger partial charge in [0.15, 0.2) is 0 Å². The van der Waals surface area contributed by atoms with Crippen LogP contribution in [0.5, 0.6) is 0 Å². The summed E-state index contributed by atoms with van der Waals surface area (Å²) in [6.07, 6.45) is 2.47. The van der Waals surface area contributed by atoms with Gasteiger partial charge < -0.3 is 5.32 Å². The van der Waals surface area contributed by atoms with Gasteiger partial charge in [0, 0.05) is 17.1 Å². The first-order valence-corrected chi connectivity index (χ1v) is 6.80. The third-order valence-corrected chi connectivity index (χ3v) is 3.71. The number of alkyl halides is 1. The zero-order valence-corrected chi connectivity index (χ0v) is 10.5. The van der Waals surface area contributed by atoms with Crippen molar-refractivity contribution in [2.45, 2.75) is 31.5 Å². The summed E-state index contributed by atoms with van der Waals surface area (Å²) in [4.78, 5) is 0.698. The molecule has 74 valence electrons. The summed E-state index contributed by atoms with van der Waals surface area (Å²) in [5.74, 6) is 2.48. The molecule has 0 aliphatic heterocycles. The summed E-state index contributed by atoms with van der Waals surface area (Å²) >= 11 is 5.61. The van der Waals surface area contributed by atoms with Crippen LogP contribution in [0.1, 0.15) is 26.7 Å². The van der Waals surface area contributed by atoms with E-state index in [1.807, 2.05) is 11.8 Å². The Hall–Kier alpha value is 0.790. The Bertz CT molecular complexity index is 90.6. The summed E-state index contributed by atoms with van der Waals surface area (Å²) in [5, 5.41) is 3.43. The van der Waals surface area contributed by atoms with E-state index in [1.165, 1.54) is 24.3 Å². The van der Waals surface area contributed by atoms with Crippen molar-refractivity contribution in [1.29, 1.82) is 0 Å². The van der Waals surface area contributed by atoms with E-state index in [1.54, 1.807) is 0 Å². The molecule has 0 rings (SSSR count). The van der Waals surface area contributed by atoms with Crippen molar-refractivity contribution in [2.75, 3.05) is 24.6 Å². The van der Waals surface area contributed by atoms with E-state index >= 15 is 0 Å². The van der Waals surface area contributed by atoms with Gasteiger partial charge in [0.25, 0.3) is 0 Å². The molecule has 0 spiro atoms. The molecule has 1 atom stereocenters. The molecular weight excluding hydrogens is 234 g/mol. The fourth-order valence-corrected chi connectivity index (χ4v) is 1.68. The van der Waals surface area contributed by atoms with Gasteiger partial charge in [-0.3, -0.25) is 0 Å². The zero-order chi connectivity index (χ0) is 9.23. The van der Waals surface area contributed by atoms with Gasteiger partial charge in [0.2, 0.25) is 0 Å². The molecule has 3 heteroatoms. The number of halogens is 1. The van der Waals surface area contributed by atoms with Crippen LogP contribution in [-0.2, 0) is 0 Å². The summed E-state index contributed by atoms with van der Waals surface area (Å²) in [7, 11) is 0. The molecule has 0 bridgehead atoms. The van der Waals surface area contributed by atoms with Crippen LogP contribution in [0.3, 0.4) is 0 Å². The second kappa shape index (κ2) is 9.87. The predicted octanol–water partition coefficient (Wildman–Crippen LogP) is 2.89. The number of rotatable bonds is 8. The maximum Gasteiger partial charge on any atom is 0.0155 e. The molecule has 1 N–H and O–H groups in total. The van der Waals surface area contributed by atoms with Crippen LogP contribution in [0.2, 0.25) is 0 Å². The van der Waals surface area contributed by atoms with E-state index in [4.69, 9.17) is 0 Å². The fourth-order valence-electron chi connectivity index (χ4n) is 0.876. The van der Waals surface area contributed by atoms with Gasteiger partial charge in [0.1, 0.15) is 0 Å². The van der Waals surface area contributed by atoms with Crippen molar-refractivity contribution < 1.29 is 0 Å². The second-order valence-electron chi connectivity index (χ2n) is 2.74. The molecular formula is C9H20BrNS. The molecule has 0 saturated heterocycles. The molecule has 1 unspecified atom stereocenters. The lowest BCUT2D eigenvalue weighted by molar-refractivity contribution is 0.651. The van der Waals surface area contributed by atoms with Crippen molar-refractivity contribution in [3.05, 3.63) is 0 Å². The first kappa shape index (κ1) is 12.8. The molecule has 0 aliphatic carbocycles. The molecule has 0 saturated carbocycles. The highest BCUT2D eigenvalue weighted by atomic mass is 79.9. The molecule has 0 aliphatic rings. The number of hydrogen-bond donors (Lipinski definition) is 1. The first-order valence-electron chi connectivity index (χ1n) is 4.73. The molecule has 0 fully saturated rings. The smallest absolute Gasteiger partial charge is 0.0155 e. The van der Waals surface area contributed by atoms with Crippen molar-refractivity contribution in [2.24, 2.45) is 0 Å². The van der Waals surface area contributed by atoms with Crippen LogP contribution < -0.4 is 5.32 Å². The lowest BCUT2D eigenvalue weighted by Gasteiger charge is -2.07. The van der Waals surface area contributed by atoms with Crippen LogP contribution in [0, 0.1) is 0 Å². The van der Waals surface area contributed by atoms with Gasteiger partial charge in [-0.15, -0.1) is 0 Å². The first-order chi connectivity index (χ1) is 5.81. The number of hydrogen-bond acceptors (Lipinski definition) is 2. The average Bonchev–Trinajstić information content (AvgIpc) is 2.10. The van der Waals surface area contributed by atoms with Crippen molar-refractivity contribution >= 4 is 27.7 Å². The lowest BCUT2D eigenvalue weighted by atomic mass is 10.2. The standard InChI is InChI=1S/C9H20BrNS/c1-3-9(10)5-6-11-7-8-12-4-2/h9,11H,3-8H2,1-2H3. The summed E-state index contributed by atoms with van der Waals surface area (Å²) in [6.45, 7) is 6.72. The van der Waals surface area contributed by atoms with E-state index in [2.05, 4.69) is 35.1 Å². The highest BCUT2D eigenvalue weighted by Crippen LogP contribution is 2.07. The minimum absolute atomic E-state index is 0.698. The Kier molecular flexibility index (Phi) is 10.5. The average molecular weight is 254 g/mol. The minimum atomic E-state index is 0.698. The van der Waals surface area contributed by atoms with Gasteiger partial charge in [-0.25, -0.2) is 0 Å². The second-order valence-corrected chi connectivity index (χ2v) is 5.43. The van der Waals surface area contributed by atoms with Crippen molar-refractivity contribution in [3.8, 4) is 0 Å². The van der Waals surface area contributed by atoms with Gasteiger partial charge in [-0.1, -0.05) is 29.8 Å². The van der Waals surface area contributed by atoms with Crippen molar-refractivity contribution in [3.63, 3.8) is 0 Å². The Morgan fingerprint density at radius 2 is 2.08 bits per heavy atom. The number of nitrogens with one attached hydrogen (secondary N) is 1. The van der Waals surface area contributed by atoms with E-state index in [9.17, 15) is 0 Å². The largest absolute Gasteiger partial charge is 0.316 e. The van der Waals surface area contributed by atoms with E-state index < -0.39 is 0 Å². The molecule has 0 aromatic carbocycles.